The maximum Gasteiger partial charge on any atom is 0.326 e. The number of piperidine rings is 1. The summed E-state index contributed by atoms with van der Waals surface area (Å²) in [6.07, 6.45) is 0.469. The molecule has 9 nitrogen and oxygen atoms in total. The molecule has 0 unspecified atom stereocenters. The molecule has 0 radical (unpaired) electrons. The van der Waals surface area contributed by atoms with Gasteiger partial charge < -0.3 is 25.7 Å². The Morgan fingerprint density at radius 3 is 2.19 bits per heavy atom. The SMILES string of the molecule is CC(=O)NC1CCN(C(=O)N[C@H](CC(=O)O)C(=O)O)CC1. The summed E-state index contributed by atoms with van der Waals surface area (Å²) in [7, 11) is 0. The van der Waals surface area contributed by atoms with E-state index in [1.54, 1.807) is 0 Å². The second kappa shape index (κ2) is 7.46. The molecule has 0 spiro atoms. The summed E-state index contributed by atoms with van der Waals surface area (Å²) in [5.74, 6) is -2.82. The molecule has 0 aromatic heterocycles. The highest BCUT2D eigenvalue weighted by atomic mass is 16.4. The zero-order chi connectivity index (χ0) is 16.0. The monoisotopic (exact) mass is 301 g/mol. The van der Waals surface area contributed by atoms with Crippen LogP contribution in [-0.2, 0) is 14.4 Å². The summed E-state index contributed by atoms with van der Waals surface area (Å²) in [6, 6.07) is -2.06. The predicted molar refractivity (Wildman–Crippen MR) is 70.6 cm³/mol. The zero-order valence-electron chi connectivity index (χ0n) is 11.7. The zero-order valence-corrected chi connectivity index (χ0v) is 11.7. The highest BCUT2D eigenvalue weighted by molar-refractivity contribution is 5.86. The van der Waals surface area contributed by atoms with Crippen LogP contribution in [0.1, 0.15) is 26.2 Å². The number of nitrogens with zero attached hydrogens (tertiary/aromatic N) is 1. The molecule has 1 saturated heterocycles. The lowest BCUT2D eigenvalue weighted by molar-refractivity contribution is -0.145. The van der Waals surface area contributed by atoms with Crippen LogP contribution in [0.3, 0.4) is 0 Å². The molecule has 9 heteroatoms. The van der Waals surface area contributed by atoms with Gasteiger partial charge in [-0.25, -0.2) is 9.59 Å². The van der Waals surface area contributed by atoms with E-state index in [-0.39, 0.29) is 11.9 Å². The quantitative estimate of drug-likeness (QED) is 0.526. The number of carbonyl (C=O) groups excluding carboxylic acids is 2. The molecule has 118 valence electrons. The number of likely N-dealkylation sites (tertiary alicyclic amines) is 1. The molecule has 3 amide bonds. The maximum atomic E-state index is 11.9. The van der Waals surface area contributed by atoms with Crippen LogP contribution in [-0.4, -0.2) is 64.2 Å². The third-order valence-electron chi connectivity index (χ3n) is 3.16. The number of carboxylic acid groups (broad SMARTS) is 2. The summed E-state index contributed by atoms with van der Waals surface area (Å²) in [4.78, 5) is 45.7. The van der Waals surface area contributed by atoms with Crippen molar-refractivity contribution >= 4 is 23.9 Å². The first-order valence-electron chi connectivity index (χ1n) is 6.56. The first-order chi connectivity index (χ1) is 9.79. The average Bonchev–Trinajstić information content (AvgIpc) is 2.37. The molecule has 0 aliphatic carbocycles. The summed E-state index contributed by atoms with van der Waals surface area (Å²) >= 11 is 0. The van der Waals surface area contributed by atoms with Crippen molar-refractivity contribution in [1.29, 1.82) is 0 Å². The van der Waals surface area contributed by atoms with E-state index in [2.05, 4.69) is 10.6 Å². The molecule has 4 N–H and O–H groups in total. The maximum absolute atomic E-state index is 11.9. The highest BCUT2D eigenvalue weighted by Crippen LogP contribution is 2.10. The molecule has 21 heavy (non-hydrogen) atoms. The van der Waals surface area contributed by atoms with Crippen LogP contribution < -0.4 is 10.6 Å². The van der Waals surface area contributed by atoms with Crippen LogP contribution in [0.4, 0.5) is 4.79 Å². The number of carbonyl (C=O) groups is 4. The summed E-state index contributed by atoms with van der Waals surface area (Å²) in [6.45, 7) is 2.16. The van der Waals surface area contributed by atoms with Gasteiger partial charge in [0.25, 0.3) is 0 Å². The van der Waals surface area contributed by atoms with Gasteiger partial charge in [-0.3, -0.25) is 9.59 Å². The Kier molecular flexibility index (Phi) is 5.94. The van der Waals surface area contributed by atoms with Crippen molar-refractivity contribution in [3.8, 4) is 0 Å². The first kappa shape index (κ1) is 16.7. The van der Waals surface area contributed by atoms with Gasteiger partial charge in [0.05, 0.1) is 6.42 Å². The molecule has 0 saturated carbocycles. The minimum atomic E-state index is -1.46. The van der Waals surface area contributed by atoms with Crippen molar-refractivity contribution in [3.63, 3.8) is 0 Å². The van der Waals surface area contributed by atoms with E-state index in [9.17, 15) is 19.2 Å². The van der Waals surface area contributed by atoms with Crippen LogP contribution in [0.25, 0.3) is 0 Å². The number of hydrogen-bond acceptors (Lipinski definition) is 4. The third-order valence-corrected chi connectivity index (χ3v) is 3.16. The van der Waals surface area contributed by atoms with Gasteiger partial charge in [0, 0.05) is 26.1 Å². The minimum absolute atomic E-state index is 0.000778. The van der Waals surface area contributed by atoms with Crippen molar-refractivity contribution in [3.05, 3.63) is 0 Å². The molecule has 0 aromatic carbocycles. The smallest absolute Gasteiger partial charge is 0.326 e. The molecular weight excluding hydrogens is 282 g/mol. The predicted octanol–water partition coefficient (Wildman–Crippen LogP) is -0.776. The van der Waals surface area contributed by atoms with E-state index in [1.807, 2.05) is 0 Å². The molecule has 0 aromatic rings. The second-order valence-electron chi connectivity index (χ2n) is 4.90. The Balaban J connectivity index is 2.47. The summed E-state index contributed by atoms with van der Waals surface area (Å²) in [5, 5.41) is 22.4. The van der Waals surface area contributed by atoms with E-state index in [1.165, 1.54) is 11.8 Å². The standard InChI is InChI=1S/C12H19N3O6/c1-7(16)13-8-2-4-15(5-3-8)12(21)14-9(11(19)20)6-10(17)18/h8-9H,2-6H2,1H3,(H,13,16)(H,14,21)(H,17,18)(H,19,20)/t9-/m1/s1. The normalized spacial score (nSPS) is 16.9. The van der Waals surface area contributed by atoms with E-state index in [0.717, 1.165) is 0 Å². The number of carboxylic acids is 2. The Labute approximate surface area is 121 Å². The largest absolute Gasteiger partial charge is 0.481 e. The number of nitrogens with one attached hydrogen (secondary N) is 2. The van der Waals surface area contributed by atoms with Gasteiger partial charge in [0.1, 0.15) is 6.04 Å². The summed E-state index contributed by atoms with van der Waals surface area (Å²) < 4.78 is 0. The highest BCUT2D eigenvalue weighted by Gasteiger charge is 2.28. The van der Waals surface area contributed by atoms with E-state index in [0.29, 0.717) is 25.9 Å². The Hall–Kier alpha value is -2.32. The van der Waals surface area contributed by atoms with Crippen LogP contribution in [0.15, 0.2) is 0 Å². The molecule has 0 bridgehead atoms. The lowest BCUT2D eigenvalue weighted by Gasteiger charge is -2.32. The van der Waals surface area contributed by atoms with Gasteiger partial charge in [-0.1, -0.05) is 0 Å². The molecule has 1 aliphatic rings. The van der Waals surface area contributed by atoms with Gasteiger partial charge in [0.15, 0.2) is 0 Å². The molecule has 1 heterocycles. The fraction of sp³-hybridized carbons (Fsp3) is 0.667. The van der Waals surface area contributed by atoms with Crippen LogP contribution in [0, 0.1) is 0 Å². The fourth-order valence-electron chi connectivity index (χ4n) is 2.13. The second-order valence-corrected chi connectivity index (χ2v) is 4.90. The lowest BCUT2D eigenvalue weighted by atomic mass is 10.1. The van der Waals surface area contributed by atoms with Crippen molar-refractivity contribution in [2.75, 3.05) is 13.1 Å². The molecular formula is C12H19N3O6. The van der Waals surface area contributed by atoms with Gasteiger partial charge in [-0.15, -0.1) is 0 Å². The molecule has 1 aliphatic heterocycles. The molecule has 1 atom stereocenters. The van der Waals surface area contributed by atoms with Crippen LogP contribution >= 0.6 is 0 Å². The van der Waals surface area contributed by atoms with E-state index >= 15 is 0 Å². The van der Waals surface area contributed by atoms with E-state index < -0.39 is 30.4 Å². The number of aliphatic carboxylic acids is 2. The third kappa shape index (κ3) is 5.67. The Bertz CT molecular complexity index is 431. The van der Waals surface area contributed by atoms with Crippen LogP contribution in [0.5, 0.6) is 0 Å². The molecule has 1 rings (SSSR count). The summed E-state index contributed by atoms with van der Waals surface area (Å²) in [5.41, 5.74) is 0. The average molecular weight is 301 g/mol. The lowest BCUT2D eigenvalue weighted by Crippen LogP contribution is -2.53. The number of hydrogen-bond donors (Lipinski definition) is 4. The van der Waals surface area contributed by atoms with Crippen molar-refractivity contribution in [2.24, 2.45) is 0 Å². The van der Waals surface area contributed by atoms with Crippen molar-refractivity contribution in [1.82, 2.24) is 15.5 Å². The van der Waals surface area contributed by atoms with Gasteiger partial charge in [-0.2, -0.15) is 0 Å². The Morgan fingerprint density at radius 1 is 1.19 bits per heavy atom. The Morgan fingerprint density at radius 2 is 1.76 bits per heavy atom. The van der Waals surface area contributed by atoms with Crippen molar-refractivity contribution in [2.45, 2.75) is 38.3 Å². The number of urea groups is 1. The fourth-order valence-corrected chi connectivity index (χ4v) is 2.13. The van der Waals surface area contributed by atoms with Gasteiger partial charge in [-0.05, 0) is 12.8 Å². The van der Waals surface area contributed by atoms with Crippen LogP contribution in [0.2, 0.25) is 0 Å². The molecule has 1 fully saturated rings. The number of amides is 3. The topological polar surface area (TPSA) is 136 Å². The van der Waals surface area contributed by atoms with Gasteiger partial charge >= 0.3 is 18.0 Å². The van der Waals surface area contributed by atoms with E-state index in [4.69, 9.17) is 10.2 Å². The first-order valence-corrected chi connectivity index (χ1v) is 6.56. The minimum Gasteiger partial charge on any atom is -0.481 e. The van der Waals surface area contributed by atoms with Gasteiger partial charge in [0.2, 0.25) is 5.91 Å². The number of rotatable bonds is 5. The van der Waals surface area contributed by atoms with Crippen molar-refractivity contribution < 1.29 is 29.4 Å².